The fourth-order valence-corrected chi connectivity index (χ4v) is 3.11. The molecule has 0 radical (unpaired) electrons. The van der Waals surface area contributed by atoms with Gasteiger partial charge in [0.1, 0.15) is 0 Å². The lowest BCUT2D eigenvalue weighted by atomic mass is 9.72. The predicted octanol–water partition coefficient (Wildman–Crippen LogP) is 1.24. The first-order chi connectivity index (χ1) is 8.13. The molecule has 0 heterocycles. The van der Waals surface area contributed by atoms with Crippen molar-refractivity contribution in [3.8, 4) is 0 Å². The number of likely N-dealkylation sites (N-methyl/N-ethyl adjacent to an activating group) is 1. The summed E-state index contributed by atoms with van der Waals surface area (Å²) in [6.07, 6.45) is 2.51. The van der Waals surface area contributed by atoms with Gasteiger partial charge in [0.05, 0.1) is 12.7 Å². The summed E-state index contributed by atoms with van der Waals surface area (Å²) in [6.45, 7) is 9.72. The second-order valence-corrected chi connectivity index (χ2v) is 5.00. The SMILES string of the molecule is CCOC1CC(CN)(N(CC)C(C)COC)C1. The van der Waals surface area contributed by atoms with E-state index in [0.29, 0.717) is 18.7 Å². The van der Waals surface area contributed by atoms with Crippen molar-refractivity contribution in [3.05, 3.63) is 0 Å². The van der Waals surface area contributed by atoms with Crippen molar-refractivity contribution in [2.24, 2.45) is 5.73 Å². The third-order valence-corrected chi connectivity index (χ3v) is 3.89. The van der Waals surface area contributed by atoms with Crippen LogP contribution in [0.2, 0.25) is 0 Å². The van der Waals surface area contributed by atoms with Crippen molar-refractivity contribution in [2.75, 3.05) is 33.4 Å². The highest BCUT2D eigenvalue weighted by Crippen LogP contribution is 2.40. The molecule has 4 nitrogen and oxygen atoms in total. The minimum Gasteiger partial charge on any atom is -0.383 e. The zero-order chi connectivity index (χ0) is 12.9. The molecule has 0 amide bonds. The van der Waals surface area contributed by atoms with E-state index in [2.05, 4.69) is 18.7 Å². The molecule has 2 N–H and O–H groups in total. The van der Waals surface area contributed by atoms with Crippen LogP contribution in [0.25, 0.3) is 0 Å². The summed E-state index contributed by atoms with van der Waals surface area (Å²) in [7, 11) is 1.75. The summed E-state index contributed by atoms with van der Waals surface area (Å²) < 4.78 is 10.9. The second kappa shape index (κ2) is 6.69. The van der Waals surface area contributed by atoms with Gasteiger partial charge in [-0.1, -0.05) is 6.92 Å². The van der Waals surface area contributed by atoms with E-state index in [0.717, 1.165) is 32.6 Å². The van der Waals surface area contributed by atoms with E-state index in [-0.39, 0.29) is 5.54 Å². The Bertz CT molecular complexity index is 217. The minimum absolute atomic E-state index is 0.131. The number of methoxy groups -OCH3 is 1. The maximum absolute atomic E-state index is 6.00. The van der Waals surface area contributed by atoms with Gasteiger partial charge in [0.25, 0.3) is 0 Å². The maximum atomic E-state index is 6.00. The Balaban J connectivity index is 2.59. The van der Waals surface area contributed by atoms with E-state index in [9.17, 15) is 0 Å². The van der Waals surface area contributed by atoms with Crippen molar-refractivity contribution >= 4 is 0 Å². The third-order valence-electron chi connectivity index (χ3n) is 3.89. The first-order valence-electron chi connectivity index (χ1n) is 6.70. The van der Waals surface area contributed by atoms with Crippen LogP contribution in [0.15, 0.2) is 0 Å². The highest BCUT2D eigenvalue weighted by molar-refractivity contribution is 5.05. The van der Waals surface area contributed by atoms with Gasteiger partial charge in [0.2, 0.25) is 0 Å². The standard InChI is InChI=1S/C13H28N2O2/c1-5-15(11(3)9-16-4)13(10-14)7-12(8-13)17-6-2/h11-12H,5-10,14H2,1-4H3. The topological polar surface area (TPSA) is 47.7 Å². The van der Waals surface area contributed by atoms with Gasteiger partial charge in [-0.05, 0) is 33.2 Å². The summed E-state index contributed by atoms with van der Waals surface area (Å²) >= 11 is 0. The average Bonchev–Trinajstić information content (AvgIpc) is 2.26. The first kappa shape index (κ1) is 14.9. The van der Waals surface area contributed by atoms with Gasteiger partial charge >= 0.3 is 0 Å². The number of nitrogens with zero attached hydrogens (tertiary/aromatic N) is 1. The highest BCUT2D eigenvalue weighted by atomic mass is 16.5. The van der Waals surface area contributed by atoms with Crippen LogP contribution >= 0.6 is 0 Å². The Morgan fingerprint density at radius 2 is 2.06 bits per heavy atom. The fraction of sp³-hybridized carbons (Fsp3) is 1.00. The Morgan fingerprint density at radius 1 is 1.41 bits per heavy atom. The van der Waals surface area contributed by atoms with E-state index in [1.54, 1.807) is 7.11 Å². The van der Waals surface area contributed by atoms with Crippen molar-refractivity contribution in [1.82, 2.24) is 4.90 Å². The summed E-state index contributed by atoms with van der Waals surface area (Å²) in [4.78, 5) is 2.48. The molecule has 1 unspecified atom stereocenters. The van der Waals surface area contributed by atoms with Crippen LogP contribution in [-0.4, -0.2) is 56.0 Å². The molecule has 1 fully saturated rings. The number of ether oxygens (including phenoxy) is 2. The third kappa shape index (κ3) is 3.19. The molecule has 0 bridgehead atoms. The first-order valence-corrected chi connectivity index (χ1v) is 6.70. The molecule has 1 rings (SSSR count). The van der Waals surface area contributed by atoms with E-state index in [1.165, 1.54) is 0 Å². The monoisotopic (exact) mass is 244 g/mol. The van der Waals surface area contributed by atoms with Crippen LogP contribution in [0.5, 0.6) is 0 Å². The van der Waals surface area contributed by atoms with Gasteiger partial charge in [-0.3, -0.25) is 4.90 Å². The molecule has 17 heavy (non-hydrogen) atoms. The molecule has 1 atom stereocenters. The molecular formula is C13H28N2O2. The molecule has 0 spiro atoms. The molecule has 1 saturated carbocycles. The van der Waals surface area contributed by atoms with Gasteiger partial charge in [0.15, 0.2) is 0 Å². The molecule has 1 aliphatic carbocycles. The fourth-order valence-electron chi connectivity index (χ4n) is 3.11. The molecule has 4 heteroatoms. The summed E-state index contributed by atoms with van der Waals surface area (Å²) in [5.41, 5.74) is 6.13. The zero-order valence-corrected chi connectivity index (χ0v) is 11.7. The Morgan fingerprint density at radius 3 is 2.47 bits per heavy atom. The normalized spacial score (nSPS) is 30.4. The largest absolute Gasteiger partial charge is 0.383 e. The minimum atomic E-state index is 0.131. The molecule has 0 aromatic carbocycles. The Hall–Kier alpha value is -0.160. The zero-order valence-electron chi connectivity index (χ0n) is 11.7. The summed E-state index contributed by atoms with van der Waals surface area (Å²) in [5, 5.41) is 0. The van der Waals surface area contributed by atoms with E-state index < -0.39 is 0 Å². The van der Waals surface area contributed by atoms with Crippen LogP contribution in [0, 0.1) is 0 Å². The average molecular weight is 244 g/mol. The number of hydrogen-bond acceptors (Lipinski definition) is 4. The number of rotatable bonds is 8. The lowest BCUT2D eigenvalue weighted by molar-refractivity contribution is -0.116. The number of hydrogen-bond donors (Lipinski definition) is 1. The van der Waals surface area contributed by atoms with Gasteiger partial charge in [-0.25, -0.2) is 0 Å². The molecular weight excluding hydrogens is 216 g/mol. The van der Waals surface area contributed by atoms with Crippen LogP contribution in [0.4, 0.5) is 0 Å². The van der Waals surface area contributed by atoms with Gasteiger partial charge in [-0.2, -0.15) is 0 Å². The van der Waals surface area contributed by atoms with E-state index >= 15 is 0 Å². The van der Waals surface area contributed by atoms with Crippen LogP contribution in [-0.2, 0) is 9.47 Å². The molecule has 1 aliphatic rings. The Labute approximate surface area is 105 Å². The van der Waals surface area contributed by atoms with Gasteiger partial charge in [-0.15, -0.1) is 0 Å². The van der Waals surface area contributed by atoms with E-state index in [4.69, 9.17) is 15.2 Å². The second-order valence-electron chi connectivity index (χ2n) is 5.00. The summed E-state index contributed by atoms with van der Waals surface area (Å²) in [5.74, 6) is 0. The lowest BCUT2D eigenvalue weighted by Gasteiger charge is -2.55. The van der Waals surface area contributed by atoms with Gasteiger partial charge in [0, 0.05) is 31.8 Å². The molecule has 0 aromatic rings. The van der Waals surface area contributed by atoms with E-state index in [1.807, 2.05) is 6.92 Å². The van der Waals surface area contributed by atoms with Crippen LogP contribution in [0.1, 0.15) is 33.6 Å². The molecule has 0 saturated heterocycles. The predicted molar refractivity (Wildman–Crippen MR) is 70.2 cm³/mol. The van der Waals surface area contributed by atoms with Crippen molar-refractivity contribution < 1.29 is 9.47 Å². The summed E-state index contributed by atoms with van der Waals surface area (Å²) in [6, 6.07) is 0.413. The maximum Gasteiger partial charge on any atom is 0.0615 e. The van der Waals surface area contributed by atoms with Crippen molar-refractivity contribution in [3.63, 3.8) is 0 Å². The quantitative estimate of drug-likeness (QED) is 0.698. The van der Waals surface area contributed by atoms with Crippen molar-refractivity contribution in [2.45, 2.75) is 51.3 Å². The molecule has 0 aromatic heterocycles. The highest BCUT2D eigenvalue weighted by Gasteiger charge is 2.48. The lowest BCUT2D eigenvalue weighted by Crippen LogP contribution is -2.66. The molecule has 0 aliphatic heterocycles. The van der Waals surface area contributed by atoms with Crippen LogP contribution < -0.4 is 5.73 Å². The van der Waals surface area contributed by atoms with Crippen LogP contribution in [0.3, 0.4) is 0 Å². The smallest absolute Gasteiger partial charge is 0.0615 e. The Kier molecular flexibility index (Phi) is 5.86. The molecule has 102 valence electrons. The van der Waals surface area contributed by atoms with Crippen molar-refractivity contribution in [1.29, 1.82) is 0 Å². The van der Waals surface area contributed by atoms with Gasteiger partial charge < -0.3 is 15.2 Å². The number of nitrogens with two attached hydrogens (primary N) is 1.